The third-order valence-corrected chi connectivity index (χ3v) is 2.67. The van der Waals surface area contributed by atoms with Gasteiger partial charge in [-0.1, -0.05) is 30.3 Å². The number of aliphatic imine (C=N–C) groups is 2. The van der Waals surface area contributed by atoms with Crippen LogP contribution in [-0.2, 0) is 6.42 Å². The van der Waals surface area contributed by atoms with Crippen molar-refractivity contribution in [1.82, 2.24) is 10.6 Å². The van der Waals surface area contributed by atoms with Gasteiger partial charge in [-0.2, -0.15) is 0 Å². The molecular weight excluding hydrogens is 226 g/mol. The Morgan fingerprint density at radius 1 is 1.28 bits per heavy atom. The number of nitrogens with two attached hydrogens (primary N) is 1. The van der Waals surface area contributed by atoms with Crippen molar-refractivity contribution in [3.8, 4) is 0 Å². The lowest BCUT2D eigenvalue weighted by Gasteiger charge is -2.17. The highest BCUT2D eigenvalue weighted by Crippen LogP contribution is 2.01. The summed E-state index contributed by atoms with van der Waals surface area (Å²) in [6, 6.07) is 10.4. The molecule has 0 saturated heterocycles. The van der Waals surface area contributed by atoms with Crippen LogP contribution < -0.4 is 16.4 Å². The van der Waals surface area contributed by atoms with Gasteiger partial charge >= 0.3 is 0 Å². The molecule has 1 aliphatic rings. The number of guanidine groups is 2. The number of hydrogen-bond acceptors (Lipinski definition) is 5. The molecule has 0 saturated carbocycles. The van der Waals surface area contributed by atoms with Gasteiger partial charge in [0.2, 0.25) is 0 Å². The fourth-order valence-corrected chi connectivity index (χ4v) is 1.84. The van der Waals surface area contributed by atoms with E-state index >= 15 is 0 Å². The lowest BCUT2D eigenvalue weighted by molar-refractivity contribution is 0.717. The Balaban J connectivity index is 1.70. The van der Waals surface area contributed by atoms with Crippen LogP contribution in [0, 0.1) is 0 Å². The summed E-state index contributed by atoms with van der Waals surface area (Å²) in [5, 5.41) is 6.14. The molecule has 1 aromatic rings. The summed E-state index contributed by atoms with van der Waals surface area (Å²) in [6.45, 7) is 2.76. The molecule has 18 heavy (non-hydrogen) atoms. The third-order valence-electron chi connectivity index (χ3n) is 2.67. The minimum atomic E-state index is -0.108. The second-order valence-electron chi connectivity index (χ2n) is 4.26. The lowest BCUT2D eigenvalue weighted by Crippen LogP contribution is -2.48. The van der Waals surface area contributed by atoms with E-state index < -0.39 is 0 Å². The second-order valence-corrected chi connectivity index (χ2v) is 4.26. The van der Waals surface area contributed by atoms with Crippen molar-refractivity contribution in [2.45, 2.75) is 25.9 Å². The number of rotatable bonds is 4. The average Bonchev–Trinajstić information content (AvgIpc) is 2.35. The first-order valence-electron chi connectivity index (χ1n) is 6.20. The standard InChI is InChI=1S/C13H19N5/c1-10-16-12(14)18-13(17-10)15-9-5-8-11-6-3-2-4-7-11/h2-4,6-7,10H,5,8-9H2,1H3,(H4,14,15,16,17,18). The van der Waals surface area contributed by atoms with Gasteiger partial charge < -0.3 is 11.1 Å². The van der Waals surface area contributed by atoms with Crippen LogP contribution in [0.2, 0.25) is 0 Å². The number of benzene rings is 1. The highest BCUT2D eigenvalue weighted by atomic mass is 15.3. The Morgan fingerprint density at radius 3 is 2.78 bits per heavy atom. The van der Waals surface area contributed by atoms with E-state index in [2.05, 4.69) is 44.9 Å². The predicted molar refractivity (Wildman–Crippen MR) is 74.4 cm³/mol. The lowest BCUT2D eigenvalue weighted by atomic mass is 10.1. The van der Waals surface area contributed by atoms with E-state index in [4.69, 9.17) is 5.73 Å². The molecule has 96 valence electrons. The maximum absolute atomic E-state index is 5.63. The van der Waals surface area contributed by atoms with Crippen molar-refractivity contribution < 1.29 is 0 Å². The highest BCUT2D eigenvalue weighted by Gasteiger charge is 2.09. The highest BCUT2D eigenvalue weighted by molar-refractivity contribution is 5.99. The maximum atomic E-state index is 5.63. The smallest absolute Gasteiger partial charge is 0.200 e. The summed E-state index contributed by atoms with van der Waals surface area (Å²) in [7, 11) is 0. The minimum Gasteiger partial charge on any atom is -0.370 e. The molecule has 0 aliphatic carbocycles. The minimum absolute atomic E-state index is 0.108. The van der Waals surface area contributed by atoms with Gasteiger partial charge in [0.1, 0.15) is 6.17 Å². The van der Waals surface area contributed by atoms with Crippen LogP contribution in [0.25, 0.3) is 0 Å². The number of nitrogens with one attached hydrogen (secondary N) is 2. The van der Waals surface area contributed by atoms with Gasteiger partial charge in [-0.3, -0.25) is 5.32 Å². The van der Waals surface area contributed by atoms with Gasteiger partial charge in [-0.15, -0.1) is 0 Å². The van der Waals surface area contributed by atoms with E-state index in [-0.39, 0.29) is 6.17 Å². The number of nitrogens with zero attached hydrogens (tertiary/aromatic N) is 2. The van der Waals surface area contributed by atoms with Crippen LogP contribution in [0.3, 0.4) is 0 Å². The molecule has 1 aliphatic heterocycles. The van der Waals surface area contributed by atoms with E-state index in [0.29, 0.717) is 11.9 Å². The van der Waals surface area contributed by atoms with Crippen molar-refractivity contribution >= 4 is 11.9 Å². The van der Waals surface area contributed by atoms with Crippen LogP contribution in [0.15, 0.2) is 40.3 Å². The molecule has 0 aromatic heterocycles. The van der Waals surface area contributed by atoms with Crippen LogP contribution in [0.4, 0.5) is 0 Å². The normalized spacial score (nSPS) is 18.6. The van der Waals surface area contributed by atoms with Crippen molar-refractivity contribution in [3.05, 3.63) is 35.9 Å². The number of aryl methyl sites for hydroxylation is 1. The van der Waals surface area contributed by atoms with Gasteiger partial charge in [0, 0.05) is 6.54 Å². The van der Waals surface area contributed by atoms with E-state index in [1.165, 1.54) is 5.56 Å². The summed E-state index contributed by atoms with van der Waals surface area (Å²) < 4.78 is 0. The monoisotopic (exact) mass is 245 g/mol. The summed E-state index contributed by atoms with van der Waals surface area (Å²) in [6.07, 6.45) is 2.00. The summed E-state index contributed by atoms with van der Waals surface area (Å²) in [5.74, 6) is 1.13. The van der Waals surface area contributed by atoms with Crippen molar-refractivity contribution in [1.29, 1.82) is 0 Å². The third kappa shape index (κ3) is 3.76. The Kier molecular flexibility index (Phi) is 4.17. The van der Waals surface area contributed by atoms with Crippen molar-refractivity contribution in [3.63, 3.8) is 0 Å². The zero-order chi connectivity index (χ0) is 12.8. The summed E-state index contributed by atoms with van der Waals surface area (Å²) in [4.78, 5) is 8.37. The Labute approximate surface area is 107 Å². The second kappa shape index (κ2) is 6.05. The van der Waals surface area contributed by atoms with Crippen LogP contribution in [-0.4, -0.2) is 24.6 Å². The molecule has 1 heterocycles. The van der Waals surface area contributed by atoms with E-state index in [1.807, 2.05) is 13.0 Å². The number of hydrogen-bond donors (Lipinski definition) is 3. The first-order valence-corrected chi connectivity index (χ1v) is 6.20. The fraction of sp³-hybridized carbons (Fsp3) is 0.385. The Morgan fingerprint density at radius 2 is 2.06 bits per heavy atom. The maximum Gasteiger partial charge on any atom is 0.200 e. The van der Waals surface area contributed by atoms with Crippen LogP contribution >= 0.6 is 0 Å². The van der Waals surface area contributed by atoms with Gasteiger partial charge in [0.15, 0.2) is 11.9 Å². The largest absolute Gasteiger partial charge is 0.370 e. The quantitative estimate of drug-likeness (QED) is 0.688. The fourth-order valence-electron chi connectivity index (χ4n) is 1.84. The molecule has 0 amide bonds. The van der Waals surface area contributed by atoms with E-state index in [0.717, 1.165) is 19.4 Å². The van der Waals surface area contributed by atoms with Gasteiger partial charge in [0.05, 0.1) is 0 Å². The molecule has 2 rings (SSSR count). The van der Waals surface area contributed by atoms with Crippen molar-refractivity contribution in [2.75, 3.05) is 6.54 Å². The summed E-state index contributed by atoms with van der Waals surface area (Å²) >= 11 is 0. The van der Waals surface area contributed by atoms with E-state index in [1.54, 1.807) is 0 Å². The molecule has 4 N–H and O–H groups in total. The predicted octanol–water partition coefficient (Wildman–Crippen LogP) is 0.829. The topological polar surface area (TPSA) is 74.8 Å². The molecule has 1 atom stereocenters. The molecule has 1 unspecified atom stereocenters. The van der Waals surface area contributed by atoms with Gasteiger partial charge in [-0.05, 0) is 25.3 Å². The first-order chi connectivity index (χ1) is 8.74. The van der Waals surface area contributed by atoms with Crippen LogP contribution in [0.1, 0.15) is 18.9 Å². The molecule has 1 aromatic carbocycles. The van der Waals surface area contributed by atoms with E-state index in [9.17, 15) is 0 Å². The Bertz CT molecular complexity index is 438. The first kappa shape index (κ1) is 12.4. The zero-order valence-corrected chi connectivity index (χ0v) is 10.6. The van der Waals surface area contributed by atoms with Crippen molar-refractivity contribution in [2.24, 2.45) is 15.7 Å². The molecule has 5 nitrogen and oxygen atoms in total. The zero-order valence-electron chi connectivity index (χ0n) is 10.6. The van der Waals surface area contributed by atoms with Gasteiger partial charge in [0.25, 0.3) is 0 Å². The Hall–Kier alpha value is -2.04. The molecular formula is C13H19N5. The van der Waals surface area contributed by atoms with Crippen LogP contribution in [0.5, 0.6) is 0 Å². The van der Waals surface area contributed by atoms with Gasteiger partial charge in [-0.25, -0.2) is 9.98 Å². The molecule has 0 fully saturated rings. The molecule has 0 radical (unpaired) electrons. The molecule has 5 heteroatoms. The summed E-state index contributed by atoms with van der Waals surface area (Å²) in [5.41, 5.74) is 6.98. The SMILES string of the molecule is CC1N=C(N)NC(NCCCc2ccccc2)=N1. The molecule has 0 bridgehead atoms. The molecule has 0 spiro atoms. The average molecular weight is 245 g/mol.